The molecule has 0 heterocycles. The molecule has 2 N–H and O–H groups in total. The van der Waals surface area contributed by atoms with Crippen LogP contribution in [0.1, 0.15) is 39.5 Å². The van der Waals surface area contributed by atoms with Gasteiger partial charge >= 0.3 is 0 Å². The van der Waals surface area contributed by atoms with Crippen molar-refractivity contribution in [3.63, 3.8) is 0 Å². The van der Waals surface area contributed by atoms with E-state index in [1.54, 1.807) is 4.90 Å². The number of hydrogen-bond acceptors (Lipinski definition) is 3. The predicted octanol–water partition coefficient (Wildman–Crippen LogP) is 1.26. The standard InChI is InChI=1S/C12H21N3O/c1-9(2)15(8-4-7-13)12(16)10-5-3-6-11(10)14/h9-11H,3-6,8,14H2,1-2H3. The van der Waals surface area contributed by atoms with Gasteiger partial charge in [-0.15, -0.1) is 0 Å². The lowest BCUT2D eigenvalue weighted by Gasteiger charge is -2.30. The lowest BCUT2D eigenvalue weighted by atomic mass is 10.0. The molecule has 1 aliphatic carbocycles. The van der Waals surface area contributed by atoms with Gasteiger partial charge in [0.1, 0.15) is 0 Å². The number of carbonyl (C=O) groups excluding carboxylic acids is 1. The van der Waals surface area contributed by atoms with E-state index in [-0.39, 0.29) is 23.9 Å². The van der Waals surface area contributed by atoms with Crippen molar-refractivity contribution in [1.29, 1.82) is 5.26 Å². The molecule has 0 bridgehead atoms. The molecule has 1 saturated carbocycles. The van der Waals surface area contributed by atoms with Crippen molar-refractivity contribution >= 4 is 5.91 Å². The van der Waals surface area contributed by atoms with Gasteiger partial charge in [-0.3, -0.25) is 4.79 Å². The molecule has 1 rings (SSSR count). The van der Waals surface area contributed by atoms with Gasteiger partial charge in [0.15, 0.2) is 0 Å². The largest absolute Gasteiger partial charge is 0.339 e. The Bertz CT molecular complexity index is 282. The van der Waals surface area contributed by atoms with Crippen LogP contribution in [-0.2, 0) is 4.79 Å². The summed E-state index contributed by atoms with van der Waals surface area (Å²) in [6.07, 6.45) is 3.28. The molecule has 16 heavy (non-hydrogen) atoms. The Balaban J connectivity index is 2.63. The number of hydrogen-bond donors (Lipinski definition) is 1. The summed E-state index contributed by atoms with van der Waals surface area (Å²) in [4.78, 5) is 14.0. The normalized spacial score (nSPS) is 24.4. The van der Waals surface area contributed by atoms with Gasteiger partial charge in [0.25, 0.3) is 0 Å². The lowest BCUT2D eigenvalue weighted by molar-refractivity contribution is -0.137. The molecule has 0 aromatic heterocycles. The minimum absolute atomic E-state index is 0.0100. The molecule has 90 valence electrons. The molecule has 0 aliphatic heterocycles. The number of rotatable bonds is 4. The maximum Gasteiger partial charge on any atom is 0.227 e. The maximum absolute atomic E-state index is 12.2. The first-order valence-corrected chi connectivity index (χ1v) is 6.01. The average Bonchev–Trinajstić information content (AvgIpc) is 2.64. The molecule has 4 nitrogen and oxygen atoms in total. The van der Waals surface area contributed by atoms with Gasteiger partial charge < -0.3 is 10.6 Å². The SMILES string of the molecule is CC(C)N(CCC#N)C(=O)C1CCCC1N. The Kier molecular flexibility index (Phi) is 4.75. The van der Waals surface area contributed by atoms with Gasteiger partial charge in [-0.1, -0.05) is 6.42 Å². The van der Waals surface area contributed by atoms with Crippen molar-refractivity contribution < 1.29 is 4.79 Å². The van der Waals surface area contributed by atoms with Crippen molar-refractivity contribution in [2.24, 2.45) is 11.7 Å². The average molecular weight is 223 g/mol. The first kappa shape index (κ1) is 13.0. The van der Waals surface area contributed by atoms with E-state index in [0.29, 0.717) is 13.0 Å². The Morgan fingerprint density at radius 2 is 2.25 bits per heavy atom. The van der Waals surface area contributed by atoms with E-state index in [2.05, 4.69) is 6.07 Å². The molecule has 0 aromatic rings. The van der Waals surface area contributed by atoms with E-state index in [4.69, 9.17) is 11.0 Å². The Labute approximate surface area is 97.4 Å². The molecule has 0 radical (unpaired) electrons. The summed E-state index contributed by atoms with van der Waals surface area (Å²) in [6, 6.07) is 2.24. The molecule has 2 atom stereocenters. The van der Waals surface area contributed by atoms with Crippen molar-refractivity contribution in [3.8, 4) is 6.07 Å². The fraction of sp³-hybridized carbons (Fsp3) is 0.833. The molecule has 0 aromatic carbocycles. The molecule has 2 unspecified atom stereocenters. The monoisotopic (exact) mass is 223 g/mol. The number of nitrogens with two attached hydrogens (primary N) is 1. The van der Waals surface area contributed by atoms with Gasteiger partial charge in [0.05, 0.1) is 18.4 Å². The zero-order chi connectivity index (χ0) is 12.1. The van der Waals surface area contributed by atoms with Crippen molar-refractivity contribution in [2.45, 2.75) is 51.6 Å². The van der Waals surface area contributed by atoms with Gasteiger partial charge in [0, 0.05) is 18.6 Å². The zero-order valence-corrected chi connectivity index (χ0v) is 10.1. The van der Waals surface area contributed by atoms with Crippen LogP contribution in [0.2, 0.25) is 0 Å². The van der Waals surface area contributed by atoms with Gasteiger partial charge in [0.2, 0.25) is 5.91 Å². The lowest BCUT2D eigenvalue weighted by Crippen LogP contribution is -2.45. The van der Waals surface area contributed by atoms with Crippen LogP contribution in [0.3, 0.4) is 0 Å². The van der Waals surface area contributed by atoms with E-state index in [0.717, 1.165) is 19.3 Å². The van der Waals surface area contributed by atoms with E-state index < -0.39 is 0 Å². The third-order valence-corrected chi connectivity index (χ3v) is 3.26. The molecule has 4 heteroatoms. The summed E-state index contributed by atoms with van der Waals surface area (Å²) in [5.41, 5.74) is 5.93. The Hall–Kier alpha value is -1.08. The first-order chi connectivity index (χ1) is 7.57. The van der Waals surface area contributed by atoms with Crippen LogP contribution < -0.4 is 5.73 Å². The fourth-order valence-electron chi connectivity index (χ4n) is 2.30. The maximum atomic E-state index is 12.2. The zero-order valence-electron chi connectivity index (χ0n) is 10.1. The summed E-state index contributed by atoms with van der Waals surface area (Å²) in [6.45, 7) is 4.49. The van der Waals surface area contributed by atoms with Gasteiger partial charge in [-0.05, 0) is 26.7 Å². The highest BCUT2D eigenvalue weighted by Gasteiger charge is 2.33. The van der Waals surface area contributed by atoms with Crippen LogP contribution in [0.4, 0.5) is 0 Å². The number of nitriles is 1. The second-order valence-corrected chi connectivity index (χ2v) is 4.73. The molecule has 0 spiro atoms. The summed E-state index contributed by atoms with van der Waals surface area (Å²) in [5.74, 6) is 0.108. The molecule has 1 amide bonds. The number of carbonyl (C=O) groups is 1. The third kappa shape index (κ3) is 2.96. The van der Waals surface area contributed by atoms with Crippen LogP contribution in [0.5, 0.6) is 0 Å². The smallest absolute Gasteiger partial charge is 0.227 e. The second kappa shape index (κ2) is 5.86. The third-order valence-electron chi connectivity index (χ3n) is 3.26. The van der Waals surface area contributed by atoms with Gasteiger partial charge in [-0.2, -0.15) is 5.26 Å². The van der Waals surface area contributed by atoms with E-state index in [1.807, 2.05) is 13.8 Å². The summed E-state index contributed by atoms with van der Waals surface area (Å²) < 4.78 is 0. The number of nitrogens with zero attached hydrogens (tertiary/aromatic N) is 2. The minimum Gasteiger partial charge on any atom is -0.339 e. The summed E-state index contributed by atoms with van der Waals surface area (Å²) in [7, 11) is 0. The van der Waals surface area contributed by atoms with E-state index in [1.165, 1.54) is 0 Å². The molecule has 1 fully saturated rings. The quantitative estimate of drug-likeness (QED) is 0.780. The Morgan fingerprint density at radius 3 is 2.69 bits per heavy atom. The van der Waals surface area contributed by atoms with Crippen LogP contribution in [-0.4, -0.2) is 29.4 Å². The van der Waals surface area contributed by atoms with Crippen molar-refractivity contribution in [1.82, 2.24) is 4.90 Å². The van der Waals surface area contributed by atoms with E-state index >= 15 is 0 Å². The molecular formula is C12H21N3O. The van der Waals surface area contributed by atoms with Crippen LogP contribution >= 0.6 is 0 Å². The molecule has 1 aliphatic rings. The second-order valence-electron chi connectivity index (χ2n) is 4.73. The van der Waals surface area contributed by atoms with Crippen LogP contribution in [0.15, 0.2) is 0 Å². The van der Waals surface area contributed by atoms with Crippen LogP contribution in [0.25, 0.3) is 0 Å². The minimum atomic E-state index is -0.0268. The molecular weight excluding hydrogens is 202 g/mol. The molecule has 0 saturated heterocycles. The highest BCUT2D eigenvalue weighted by Crippen LogP contribution is 2.26. The number of amides is 1. The topological polar surface area (TPSA) is 70.1 Å². The van der Waals surface area contributed by atoms with E-state index in [9.17, 15) is 4.79 Å². The first-order valence-electron chi connectivity index (χ1n) is 6.01. The van der Waals surface area contributed by atoms with Crippen LogP contribution in [0, 0.1) is 17.2 Å². The Morgan fingerprint density at radius 1 is 1.56 bits per heavy atom. The highest BCUT2D eigenvalue weighted by molar-refractivity contribution is 5.80. The van der Waals surface area contributed by atoms with Crippen molar-refractivity contribution in [2.75, 3.05) is 6.54 Å². The summed E-state index contributed by atoms with van der Waals surface area (Å²) in [5, 5.41) is 8.58. The summed E-state index contributed by atoms with van der Waals surface area (Å²) >= 11 is 0. The predicted molar refractivity (Wildman–Crippen MR) is 62.4 cm³/mol. The van der Waals surface area contributed by atoms with Crippen molar-refractivity contribution in [3.05, 3.63) is 0 Å². The fourth-order valence-corrected chi connectivity index (χ4v) is 2.30. The van der Waals surface area contributed by atoms with Gasteiger partial charge in [-0.25, -0.2) is 0 Å². The highest BCUT2D eigenvalue weighted by atomic mass is 16.2.